The molecule has 1 aromatic rings. The Bertz CT molecular complexity index is 483. The zero-order valence-electron chi connectivity index (χ0n) is 10.7. The summed E-state index contributed by atoms with van der Waals surface area (Å²) < 4.78 is 0. The second-order valence-corrected chi connectivity index (χ2v) is 6.12. The van der Waals surface area contributed by atoms with Crippen LogP contribution >= 0.6 is 11.8 Å². The number of rotatable bonds is 2. The van der Waals surface area contributed by atoms with E-state index in [1.807, 2.05) is 24.3 Å². The minimum absolute atomic E-state index is 0.148. The number of nitrogens with one attached hydrogen (secondary N) is 1. The molecule has 4 heteroatoms. The van der Waals surface area contributed by atoms with E-state index < -0.39 is 0 Å². The van der Waals surface area contributed by atoms with Crippen molar-refractivity contribution in [3.05, 3.63) is 35.4 Å². The van der Waals surface area contributed by atoms with Gasteiger partial charge in [0.15, 0.2) is 5.17 Å². The number of hydrogen-bond donors (Lipinski definition) is 1. The largest absolute Gasteiger partial charge is 0.360 e. The Morgan fingerprint density at radius 3 is 2.72 bits per heavy atom. The molecule has 18 heavy (non-hydrogen) atoms. The highest BCUT2D eigenvalue weighted by Gasteiger charge is 2.23. The fourth-order valence-electron chi connectivity index (χ4n) is 1.72. The van der Waals surface area contributed by atoms with Gasteiger partial charge in [-0.05, 0) is 38.0 Å². The van der Waals surface area contributed by atoms with Gasteiger partial charge < -0.3 is 5.32 Å². The van der Waals surface area contributed by atoms with E-state index in [0.29, 0.717) is 12.1 Å². The van der Waals surface area contributed by atoms with Gasteiger partial charge in [-0.2, -0.15) is 5.26 Å². The van der Waals surface area contributed by atoms with Crippen LogP contribution < -0.4 is 5.32 Å². The highest BCUT2D eigenvalue weighted by Crippen LogP contribution is 2.21. The van der Waals surface area contributed by atoms with Gasteiger partial charge in [-0.15, -0.1) is 0 Å². The molecule has 1 heterocycles. The van der Waals surface area contributed by atoms with Crippen molar-refractivity contribution in [2.45, 2.75) is 32.4 Å². The number of aliphatic imine (C=N–C) groups is 1. The number of amidine groups is 1. The van der Waals surface area contributed by atoms with Gasteiger partial charge in [-0.3, -0.25) is 4.99 Å². The summed E-state index contributed by atoms with van der Waals surface area (Å²) in [6.07, 6.45) is 1.16. The van der Waals surface area contributed by atoms with Crippen molar-refractivity contribution in [3.8, 4) is 6.07 Å². The van der Waals surface area contributed by atoms with E-state index in [4.69, 9.17) is 5.26 Å². The normalized spacial score (nSPS) is 20.2. The Hall–Kier alpha value is -1.47. The van der Waals surface area contributed by atoms with E-state index in [0.717, 1.165) is 22.9 Å². The van der Waals surface area contributed by atoms with Crippen LogP contribution in [0.2, 0.25) is 0 Å². The molecule has 0 radical (unpaired) electrons. The molecule has 3 nitrogen and oxygen atoms in total. The summed E-state index contributed by atoms with van der Waals surface area (Å²) in [6, 6.07) is 9.71. The van der Waals surface area contributed by atoms with Gasteiger partial charge in [0.1, 0.15) is 0 Å². The average molecular weight is 259 g/mol. The Kier molecular flexibility index (Phi) is 3.93. The molecule has 1 fully saturated rings. The Morgan fingerprint density at radius 1 is 1.39 bits per heavy atom. The molecule has 1 aromatic carbocycles. The topological polar surface area (TPSA) is 48.2 Å². The van der Waals surface area contributed by atoms with Gasteiger partial charge in [-0.1, -0.05) is 23.9 Å². The molecule has 94 valence electrons. The maximum atomic E-state index is 8.73. The highest BCUT2D eigenvalue weighted by molar-refractivity contribution is 8.13. The smallest absolute Gasteiger partial charge is 0.157 e. The molecule has 0 bridgehead atoms. The van der Waals surface area contributed by atoms with E-state index in [1.54, 1.807) is 11.8 Å². The van der Waals surface area contributed by atoms with Gasteiger partial charge in [0.2, 0.25) is 0 Å². The molecule has 1 aliphatic rings. The van der Waals surface area contributed by atoms with Crippen LogP contribution in [-0.2, 0) is 6.54 Å². The van der Waals surface area contributed by atoms with Crippen LogP contribution in [0.25, 0.3) is 0 Å². The molecule has 1 saturated heterocycles. The average Bonchev–Trinajstić information content (AvgIpc) is 2.36. The third-order valence-corrected chi connectivity index (χ3v) is 3.81. The molecule has 0 aromatic heterocycles. The fourth-order valence-corrected chi connectivity index (χ4v) is 3.03. The van der Waals surface area contributed by atoms with E-state index in [1.165, 1.54) is 0 Å². The molecular weight excluding hydrogens is 242 g/mol. The van der Waals surface area contributed by atoms with Gasteiger partial charge in [0.25, 0.3) is 0 Å². The summed E-state index contributed by atoms with van der Waals surface area (Å²) in [4.78, 5) is 4.59. The Balaban J connectivity index is 1.99. The van der Waals surface area contributed by atoms with Crippen LogP contribution in [-0.4, -0.2) is 16.5 Å². The summed E-state index contributed by atoms with van der Waals surface area (Å²) in [6.45, 7) is 5.06. The first-order valence-electron chi connectivity index (χ1n) is 6.03. The highest BCUT2D eigenvalue weighted by atomic mass is 32.2. The van der Waals surface area contributed by atoms with E-state index in [9.17, 15) is 0 Å². The maximum absolute atomic E-state index is 8.73. The molecule has 0 spiro atoms. The van der Waals surface area contributed by atoms with Gasteiger partial charge in [-0.25, -0.2) is 0 Å². The Labute approximate surface area is 112 Å². The van der Waals surface area contributed by atoms with Crippen molar-refractivity contribution in [2.75, 3.05) is 5.75 Å². The first-order valence-corrected chi connectivity index (χ1v) is 7.02. The quantitative estimate of drug-likeness (QED) is 0.888. The third-order valence-electron chi connectivity index (χ3n) is 2.90. The van der Waals surface area contributed by atoms with E-state index in [-0.39, 0.29) is 5.54 Å². The lowest BCUT2D eigenvalue weighted by Crippen LogP contribution is -2.46. The molecule has 1 N–H and O–H groups in total. The van der Waals surface area contributed by atoms with Crippen LogP contribution in [0.3, 0.4) is 0 Å². The predicted molar refractivity (Wildman–Crippen MR) is 76.6 cm³/mol. The Morgan fingerprint density at radius 2 is 2.11 bits per heavy atom. The van der Waals surface area contributed by atoms with Crippen LogP contribution in [0.5, 0.6) is 0 Å². The van der Waals surface area contributed by atoms with Crippen LogP contribution in [0.4, 0.5) is 0 Å². The monoisotopic (exact) mass is 259 g/mol. The van der Waals surface area contributed by atoms with Crippen LogP contribution in [0.1, 0.15) is 31.4 Å². The van der Waals surface area contributed by atoms with Crippen molar-refractivity contribution in [1.82, 2.24) is 5.32 Å². The second-order valence-electron chi connectivity index (χ2n) is 5.04. The summed E-state index contributed by atoms with van der Waals surface area (Å²) in [5, 5.41) is 13.2. The predicted octanol–water partition coefficient (Wildman–Crippen LogP) is 2.92. The number of hydrogen-bond acceptors (Lipinski definition) is 3. The number of benzene rings is 1. The number of nitrogens with zero attached hydrogens (tertiary/aromatic N) is 2. The van der Waals surface area contributed by atoms with Crippen molar-refractivity contribution < 1.29 is 0 Å². The second kappa shape index (κ2) is 5.45. The van der Waals surface area contributed by atoms with E-state index >= 15 is 0 Å². The zero-order chi connectivity index (χ0) is 13.0. The summed E-state index contributed by atoms with van der Waals surface area (Å²) in [7, 11) is 0. The first kappa shape index (κ1) is 13.0. The van der Waals surface area contributed by atoms with Crippen molar-refractivity contribution in [1.29, 1.82) is 5.26 Å². The first-order chi connectivity index (χ1) is 8.59. The van der Waals surface area contributed by atoms with Gasteiger partial charge >= 0.3 is 0 Å². The van der Waals surface area contributed by atoms with Gasteiger partial charge in [0, 0.05) is 11.3 Å². The lowest BCUT2D eigenvalue weighted by Gasteiger charge is -2.32. The lowest BCUT2D eigenvalue weighted by molar-refractivity contribution is 0.446. The summed E-state index contributed by atoms with van der Waals surface area (Å²) in [5.74, 6) is 1.12. The van der Waals surface area contributed by atoms with Crippen LogP contribution in [0.15, 0.2) is 29.3 Å². The minimum Gasteiger partial charge on any atom is -0.360 e. The number of nitriles is 1. The molecule has 0 aliphatic carbocycles. The molecule has 0 unspecified atom stereocenters. The standard InChI is InChI=1S/C14H17N3S/c1-14(2)7-8-18-13(17-14)16-10-12-5-3-11(9-15)4-6-12/h3-6H,7-8,10H2,1-2H3,(H,16,17). The molecule has 0 atom stereocenters. The molecule has 0 amide bonds. The molecular formula is C14H17N3S. The van der Waals surface area contributed by atoms with Crippen molar-refractivity contribution in [2.24, 2.45) is 4.99 Å². The molecule has 1 aliphatic heterocycles. The maximum Gasteiger partial charge on any atom is 0.157 e. The molecule has 0 saturated carbocycles. The molecule has 2 rings (SSSR count). The fraction of sp³-hybridized carbons (Fsp3) is 0.429. The summed E-state index contributed by atoms with van der Waals surface area (Å²) >= 11 is 1.78. The van der Waals surface area contributed by atoms with Crippen molar-refractivity contribution >= 4 is 16.9 Å². The van der Waals surface area contributed by atoms with Crippen LogP contribution in [0, 0.1) is 11.3 Å². The van der Waals surface area contributed by atoms with Gasteiger partial charge in [0.05, 0.1) is 18.2 Å². The zero-order valence-corrected chi connectivity index (χ0v) is 11.5. The minimum atomic E-state index is 0.148. The van der Waals surface area contributed by atoms with E-state index in [2.05, 4.69) is 30.2 Å². The SMILES string of the molecule is CC1(C)CCSC(=NCc2ccc(C#N)cc2)N1. The van der Waals surface area contributed by atoms with Crippen molar-refractivity contribution in [3.63, 3.8) is 0 Å². The summed E-state index contributed by atoms with van der Waals surface area (Å²) in [5.41, 5.74) is 1.97. The lowest BCUT2D eigenvalue weighted by atomic mass is 10.0. The third kappa shape index (κ3) is 3.51. The number of thioether (sulfide) groups is 1.